The van der Waals surface area contributed by atoms with Gasteiger partial charge in [-0.3, -0.25) is 9.59 Å². The highest BCUT2D eigenvalue weighted by Crippen LogP contribution is 2.29. The number of rotatable bonds is 9. The van der Waals surface area contributed by atoms with Gasteiger partial charge < -0.3 is 15.0 Å². The molecular weight excluding hydrogens is 400 g/mol. The largest absolute Gasteiger partial charge is 0.497 e. The van der Waals surface area contributed by atoms with Gasteiger partial charge in [0, 0.05) is 25.9 Å². The number of carbonyl (C=O) groups excluding carboxylic acids is 2. The van der Waals surface area contributed by atoms with Crippen molar-refractivity contribution in [2.24, 2.45) is 0 Å². The van der Waals surface area contributed by atoms with Crippen LogP contribution in [0.2, 0.25) is 0 Å². The van der Waals surface area contributed by atoms with E-state index < -0.39 is 6.04 Å². The highest BCUT2D eigenvalue weighted by Gasteiger charge is 2.28. The van der Waals surface area contributed by atoms with E-state index in [0.29, 0.717) is 12.3 Å². The number of nitrogens with one attached hydrogen (secondary N) is 1. The van der Waals surface area contributed by atoms with E-state index in [1.54, 1.807) is 26.0 Å². The fourth-order valence-corrected chi connectivity index (χ4v) is 3.85. The summed E-state index contributed by atoms with van der Waals surface area (Å²) in [6, 6.07) is 27.0. The van der Waals surface area contributed by atoms with Gasteiger partial charge in [0.05, 0.1) is 7.11 Å². The summed E-state index contributed by atoms with van der Waals surface area (Å²) in [5.41, 5.74) is 3.05. The van der Waals surface area contributed by atoms with Crippen molar-refractivity contribution in [3.63, 3.8) is 0 Å². The predicted molar refractivity (Wildman–Crippen MR) is 126 cm³/mol. The fourth-order valence-electron chi connectivity index (χ4n) is 3.85. The second-order valence-electron chi connectivity index (χ2n) is 7.74. The summed E-state index contributed by atoms with van der Waals surface area (Å²) in [5.74, 6) is 0.336. The van der Waals surface area contributed by atoms with E-state index in [-0.39, 0.29) is 24.2 Å². The summed E-state index contributed by atoms with van der Waals surface area (Å²) >= 11 is 0. The minimum Gasteiger partial charge on any atom is -0.497 e. The molecule has 0 aromatic heterocycles. The van der Waals surface area contributed by atoms with Crippen molar-refractivity contribution in [2.75, 3.05) is 14.2 Å². The zero-order chi connectivity index (χ0) is 22.9. The number of hydrogen-bond donors (Lipinski definition) is 1. The lowest BCUT2D eigenvalue weighted by atomic mass is 9.88. The Labute approximate surface area is 190 Å². The number of ether oxygens (including phenoxy) is 1. The standard InChI is InChI=1S/C27H30N2O3/c1-20(27(31)28-2)29(19-21-11-10-16-24(17-21)32-3)26(30)18-25(22-12-6-4-7-13-22)23-14-8-5-9-15-23/h4-17,20,25H,18-19H2,1-3H3,(H,28,31)/t20-/m0/s1. The SMILES string of the molecule is CNC(=O)[C@H](C)N(Cc1cccc(OC)c1)C(=O)CC(c1ccccc1)c1ccccc1. The van der Waals surface area contributed by atoms with Crippen LogP contribution in [-0.2, 0) is 16.1 Å². The highest BCUT2D eigenvalue weighted by atomic mass is 16.5. The summed E-state index contributed by atoms with van der Waals surface area (Å²) < 4.78 is 5.32. The molecule has 0 aliphatic carbocycles. The maximum Gasteiger partial charge on any atom is 0.242 e. The van der Waals surface area contributed by atoms with Crippen LogP contribution < -0.4 is 10.1 Å². The number of nitrogens with zero attached hydrogens (tertiary/aromatic N) is 1. The number of carbonyl (C=O) groups is 2. The van der Waals surface area contributed by atoms with Crippen LogP contribution in [0.15, 0.2) is 84.9 Å². The molecule has 0 spiro atoms. The number of amides is 2. The molecule has 0 heterocycles. The molecule has 0 saturated heterocycles. The second-order valence-corrected chi connectivity index (χ2v) is 7.74. The van der Waals surface area contributed by atoms with Crippen LogP contribution >= 0.6 is 0 Å². The molecule has 3 aromatic carbocycles. The van der Waals surface area contributed by atoms with Gasteiger partial charge in [-0.25, -0.2) is 0 Å². The third kappa shape index (κ3) is 5.76. The Hall–Kier alpha value is -3.60. The molecule has 3 aromatic rings. The van der Waals surface area contributed by atoms with Crippen molar-refractivity contribution < 1.29 is 14.3 Å². The van der Waals surface area contributed by atoms with E-state index in [1.165, 1.54) is 0 Å². The van der Waals surface area contributed by atoms with Crippen LogP contribution in [0.25, 0.3) is 0 Å². The number of likely N-dealkylation sites (N-methyl/N-ethyl adjacent to an activating group) is 1. The molecule has 5 nitrogen and oxygen atoms in total. The van der Waals surface area contributed by atoms with Gasteiger partial charge in [0.1, 0.15) is 11.8 Å². The molecule has 0 bridgehead atoms. The van der Waals surface area contributed by atoms with Crippen LogP contribution in [0.4, 0.5) is 0 Å². The molecule has 32 heavy (non-hydrogen) atoms. The molecule has 1 N–H and O–H groups in total. The first-order valence-corrected chi connectivity index (χ1v) is 10.8. The average molecular weight is 431 g/mol. The van der Waals surface area contributed by atoms with Crippen LogP contribution in [0, 0.1) is 0 Å². The van der Waals surface area contributed by atoms with E-state index in [1.807, 2.05) is 84.9 Å². The van der Waals surface area contributed by atoms with Gasteiger partial charge in [0.2, 0.25) is 11.8 Å². The van der Waals surface area contributed by atoms with Crippen molar-refractivity contribution in [3.05, 3.63) is 102 Å². The molecule has 0 aliphatic heterocycles. The molecule has 3 rings (SSSR count). The zero-order valence-corrected chi connectivity index (χ0v) is 18.8. The smallest absolute Gasteiger partial charge is 0.242 e. The molecule has 0 unspecified atom stereocenters. The Morgan fingerprint density at radius 2 is 1.50 bits per heavy atom. The monoisotopic (exact) mass is 430 g/mol. The van der Waals surface area contributed by atoms with Crippen LogP contribution in [-0.4, -0.2) is 36.9 Å². The first-order chi connectivity index (χ1) is 15.5. The predicted octanol–water partition coefficient (Wildman–Crippen LogP) is 4.38. The molecule has 0 saturated carbocycles. The number of methoxy groups -OCH3 is 1. The van der Waals surface area contributed by atoms with E-state index in [4.69, 9.17) is 4.74 Å². The lowest BCUT2D eigenvalue weighted by Gasteiger charge is -2.30. The van der Waals surface area contributed by atoms with Gasteiger partial charge >= 0.3 is 0 Å². The molecule has 1 atom stereocenters. The van der Waals surface area contributed by atoms with Crippen molar-refractivity contribution in [3.8, 4) is 5.75 Å². The molecule has 166 valence electrons. The van der Waals surface area contributed by atoms with Gasteiger partial charge in [-0.05, 0) is 35.7 Å². The lowest BCUT2D eigenvalue weighted by molar-refractivity contribution is -0.140. The topological polar surface area (TPSA) is 58.6 Å². The van der Waals surface area contributed by atoms with E-state index in [9.17, 15) is 9.59 Å². The summed E-state index contributed by atoms with van der Waals surface area (Å²) in [5, 5.41) is 2.67. The summed E-state index contributed by atoms with van der Waals surface area (Å²) in [6.07, 6.45) is 0.263. The third-order valence-corrected chi connectivity index (χ3v) is 5.68. The Kier molecular flexibility index (Phi) is 8.03. The van der Waals surface area contributed by atoms with Crippen molar-refractivity contribution >= 4 is 11.8 Å². The van der Waals surface area contributed by atoms with Crippen LogP contribution in [0.1, 0.15) is 36.0 Å². The van der Waals surface area contributed by atoms with E-state index in [2.05, 4.69) is 5.32 Å². The Bertz CT molecular complexity index is 982. The Morgan fingerprint density at radius 3 is 2.03 bits per heavy atom. The maximum absolute atomic E-state index is 13.6. The summed E-state index contributed by atoms with van der Waals surface area (Å²) in [6.45, 7) is 2.08. The van der Waals surface area contributed by atoms with Gasteiger partial charge in [0.15, 0.2) is 0 Å². The molecular formula is C27H30N2O3. The van der Waals surface area contributed by atoms with Crippen molar-refractivity contribution in [1.29, 1.82) is 0 Å². The van der Waals surface area contributed by atoms with Crippen LogP contribution in [0.3, 0.4) is 0 Å². The quantitative estimate of drug-likeness (QED) is 0.548. The molecule has 5 heteroatoms. The zero-order valence-electron chi connectivity index (χ0n) is 18.8. The van der Waals surface area contributed by atoms with Crippen LogP contribution in [0.5, 0.6) is 5.75 Å². The van der Waals surface area contributed by atoms with E-state index >= 15 is 0 Å². The normalized spacial score (nSPS) is 11.6. The molecule has 0 fully saturated rings. The van der Waals surface area contributed by atoms with Crippen molar-refractivity contribution in [2.45, 2.75) is 31.8 Å². The van der Waals surface area contributed by atoms with Gasteiger partial charge in [-0.2, -0.15) is 0 Å². The van der Waals surface area contributed by atoms with Crippen molar-refractivity contribution in [1.82, 2.24) is 10.2 Å². The highest BCUT2D eigenvalue weighted by molar-refractivity contribution is 5.87. The fraction of sp³-hybridized carbons (Fsp3) is 0.259. The van der Waals surface area contributed by atoms with Gasteiger partial charge in [0.25, 0.3) is 0 Å². The summed E-state index contributed by atoms with van der Waals surface area (Å²) in [4.78, 5) is 27.7. The minimum atomic E-state index is -0.606. The molecule has 0 radical (unpaired) electrons. The van der Waals surface area contributed by atoms with Gasteiger partial charge in [-0.1, -0.05) is 72.8 Å². The van der Waals surface area contributed by atoms with E-state index in [0.717, 1.165) is 16.7 Å². The Balaban J connectivity index is 1.92. The number of hydrogen-bond acceptors (Lipinski definition) is 3. The van der Waals surface area contributed by atoms with Gasteiger partial charge in [-0.15, -0.1) is 0 Å². The lowest BCUT2D eigenvalue weighted by Crippen LogP contribution is -2.47. The average Bonchev–Trinajstić information content (AvgIpc) is 2.86. The Morgan fingerprint density at radius 1 is 0.906 bits per heavy atom. The molecule has 0 aliphatic rings. The summed E-state index contributed by atoms with van der Waals surface area (Å²) in [7, 11) is 3.20. The maximum atomic E-state index is 13.6. The second kappa shape index (κ2) is 11.1. The number of benzene rings is 3. The first-order valence-electron chi connectivity index (χ1n) is 10.8. The minimum absolute atomic E-state index is 0.0818. The first kappa shape index (κ1) is 23.1. The third-order valence-electron chi connectivity index (χ3n) is 5.68. The molecule has 2 amide bonds.